The number of aliphatic hydroxyl groups is 1. The van der Waals surface area contributed by atoms with Crippen LogP contribution in [-0.2, 0) is 0 Å². The van der Waals surface area contributed by atoms with Crippen molar-refractivity contribution >= 4 is 0 Å². The Morgan fingerprint density at radius 2 is 1.95 bits per heavy atom. The van der Waals surface area contributed by atoms with Gasteiger partial charge >= 0.3 is 0 Å². The second kappa shape index (κ2) is 5.85. The first-order chi connectivity index (χ1) is 10.0. The molecule has 1 atom stereocenters. The summed E-state index contributed by atoms with van der Waals surface area (Å²) >= 11 is 0. The highest BCUT2D eigenvalue weighted by Gasteiger charge is 2.27. The Morgan fingerprint density at radius 1 is 1.24 bits per heavy atom. The molecular weight excluding hydrogens is 266 g/mol. The number of benzene rings is 1. The molecule has 1 aromatic rings. The van der Waals surface area contributed by atoms with E-state index in [1.54, 1.807) is 0 Å². The zero-order valence-corrected chi connectivity index (χ0v) is 12.9. The van der Waals surface area contributed by atoms with Crippen LogP contribution in [0.15, 0.2) is 18.2 Å². The highest BCUT2D eigenvalue weighted by atomic mass is 16.7. The fourth-order valence-electron chi connectivity index (χ4n) is 3.12. The van der Waals surface area contributed by atoms with Crippen LogP contribution in [0.25, 0.3) is 0 Å². The molecule has 1 aromatic carbocycles. The Hall–Kier alpha value is -1.26. The van der Waals surface area contributed by atoms with Crippen molar-refractivity contribution in [1.29, 1.82) is 0 Å². The summed E-state index contributed by atoms with van der Waals surface area (Å²) < 4.78 is 10.6. The first-order valence-corrected chi connectivity index (χ1v) is 7.84. The number of rotatable bonds is 4. The standard InChI is InChI=1S/C17H25NO3/c1-17(2)7-5-13(6-8-17)18-10-14(19)12-3-4-15-16(9-12)21-11-20-15/h3-4,9,13-14,18-19H,5-8,10-11H2,1-2H3. The van der Waals surface area contributed by atoms with Gasteiger partial charge < -0.3 is 19.9 Å². The minimum absolute atomic E-state index is 0.269. The first-order valence-electron chi connectivity index (χ1n) is 7.84. The van der Waals surface area contributed by atoms with E-state index in [0.717, 1.165) is 17.1 Å². The molecule has 0 amide bonds. The molecule has 0 aromatic heterocycles. The zero-order valence-electron chi connectivity index (χ0n) is 12.9. The van der Waals surface area contributed by atoms with E-state index in [1.807, 2.05) is 18.2 Å². The van der Waals surface area contributed by atoms with Crippen LogP contribution in [0, 0.1) is 5.41 Å². The fraction of sp³-hybridized carbons (Fsp3) is 0.647. The second-order valence-corrected chi connectivity index (χ2v) is 6.98. The molecule has 1 aliphatic carbocycles. The fourth-order valence-corrected chi connectivity index (χ4v) is 3.12. The third kappa shape index (κ3) is 3.50. The van der Waals surface area contributed by atoms with Crippen molar-refractivity contribution in [3.63, 3.8) is 0 Å². The molecule has 0 spiro atoms. The van der Waals surface area contributed by atoms with Crippen LogP contribution in [0.5, 0.6) is 11.5 Å². The van der Waals surface area contributed by atoms with Gasteiger partial charge in [0.05, 0.1) is 6.10 Å². The van der Waals surface area contributed by atoms with E-state index in [0.29, 0.717) is 18.0 Å². The normalized spacial score (nSPS) is 22.2. The van der Waals surface area contributed by atoms with Crippen molar-refractivity contribution in [1.82, 2.24) is 5.32 Å². The van der Waals surface area contributed by atoms with Crippen LogP contribution >= 0.6 is 0 Å². The minimum atomic E-state index is -0.505. The molecule has 0 bridgehead atoms. The number of fused-ring (bicyclic) bond motifs is 1. The maximum absolute atomic E-state index is 10.3. The number of aliphatic hydroxyl groups excluding tert-OH is 1. The van der Waals surface area contributed by atoms with Gasteiger partial charge in [0.2, 0.25) is 6.79 Å². The van der Waals surface area contributed by atoms with Gasteiger partial charge in [-0.05, 0) is 48.8 Å². The monoisotopic (exact) mass is 291 g/mol. The van der Waals surface area contributed by atoms with Crippen LogP contribution in [0.1, 0.15) is 51.2 Å². The third-order valence-electron chi connectivity index (χ3n) is 4.72. The van der Waals surface area contributed by atoms with Crippen molar-refractivity contribution in [2.24, 2.45) is 5.41 Å². The molecule has 0 radical (unpaired) electrons. The summed E-state index contributed by atoms with van der Waals surface area (Å²) in [6, 6.07) is 6.17. The van der Waals surface area contributed by atoms with E-state index in [9.17, 15) is 5.11 Å². The van der Waals surface area contributed by atoms with Crippen LogP contribution in [0.4, 0.5) is 0 Å². The summed E-state index contributed by atoms with van der Waals surface area (Å²) in [7, 11) is 0. The van der Waals surface area contributed by atoms with Gasteiger partial charge in [-0.2, -0.15) is 0 Å². The predicted octanol–water partition coefficient (Wildman–Crippen LogP) is 3.01. The molecule has 2 aliphatic rings. The molecule has 0 saturated heterocycles. The van der Waals surface area contributed by atoms with Crippen molar-refractivity contribution in [3.8, 4) is 11.5 Å². The van der Waals surface area contributed by atoms with Gasteiger partial charge in [-0.15, -0.1) is 0 Å². The molecule has 4 heteroatoms. The smallest absolute Gasteiger partial charge is 0.231 e. The molecule has 1 fully saturated rings. The molecule has 3 rings (SSSR count). The molecule has 1 saturated carbocycles. The lowest BCUT2D eigenvalue weighted by molar-refractivity contribution is 0.151. The van der Waals surface area contributed by atoms with Gasteiger partial charge in [-0.3, -0.25) is 0 Å². The Balaban J connectivity index is 1.51. The van der Waals surface area contributed by atoms with Gasteiger partial charge in [-0.25, -0.2) is 0 Å². The van der Waals surface area contributed by atoms with E-state index < -0.39 is 6.10 Å². The van der Waals surface area contributed by atoms with Gasteiger partial charge in [0.1, 0.15) is 0 Å². The molecule has 1 unspecified atom stereocenters. The van der Waals surface area contributed by atoms with Crippen LogP contribution in [0.3, 0.4) is 0 Å². The Morgan fingerprint density at radius 3 is 2.71 bits per heavy atom. The molecule has 21 heavy (non-hydrogen) atoms. The largest absolute Gasteiger partial charge is 0.454 e. The lowest BCUT2D eigenvalue weighted by Gasteiger charge is -2.35. The number of hydrogen-bond acceptors (Lipinski definition) is 4. The van der Waals surface area contributed by atoms with Gasteiger partial charge in [0, 0.05) is 12.6 Å². The average Bonchev–Trinajstić information content (AvgIpc) is 2.93. The van der Waals surface area contributed by atoms with E-state index in [4.69, 9.17) is 9.47 Å². The molecule has 4 nitrogen and oxygen atoms in total. The molecule has 116 valence electrons. The quantitative estimate of drug-likeness (QED) is 0.895. The molecule has 1 heterocycles. The lowest BCUT2D eigenvalue weighted by Crippen LogP contribution is -2.37. The van der Waals surface area contributed by atoms with Crippen molar-refractivity contribution in [2.45, 2.75) is 51.7 Å². The van der Waals surface area contributed by atoms with Gasteiger partial charge in [-0.1, -0.05) is 19.9 Å². The van der Waals surface area contributed by atoms with Crippen molar-refractivity contribution in [2.75, 3.05) is 13.3 Å². The third-order valence-corrected chi connectivity index (χ3v) is 4.72. The SMILES string of the molecule is CC1(C)CCC(NCC(O)c2ccc3c(c2)OCO3)CC1. The highest BCUT2D eigenvalue weighted by Crippen LogP contribution is 2.36. The molecule has 1 aliphatic heterocycles. The summed E-state index contributed by atoms with van der Waals surface area (Å²) in [5.74, 6) is 1.49. The van der Waals surface area contributed by atoms with E-state index >= 15 is 0 Å². The Kier molecular flexibility index (Phi) is 4.09. The topological polar surface area (TPSA) is 50.7 Å². The van der Waals surface area contributed by atoms with Crippen LogP contribution in [-0.4, -0.2) is 24.5 Å². The van der Waals surface area contributed by atoms with Crippen LogP contribution in [0.2, 0.25) is 0 Å². The molecule has 2 N–H and O–H groups in total. The summed E-state index contributed by atoms with van der Waals surface area (Å²) in [6.45, 7) is 5.53. The summed E-state index contributed by atoms with van der Waals surface area (Å²) in [5.41, 5.74) is 1.36. The van der Waals surface area contributed by atoms with E-state index in [-0.39, 0.29) is 6.79 Å². The maximum Gasteiger partial charge on any atom is 0.231 e. The summed E-state index contributed by atoms with van der Waals surface area (Å²) in [6.07, 6.45) is 4.39. The van der Waals surface area contributed by atoms with E-state index in [2.05, 4.69) is 19.2 Å². The minimum Gasteiger partial charge on any atom is -0.454 e. The van der Waals surface area contributed by atoms with Gasteiger partial charge in [0.25, 0.3) is 0 Å². The maximum atomic E-state index is 10.3. The summed E-state index contributed by atoms with van der Waals surface area (Å²) in [4.78, 5) is 0. The predicted molar refractivity (Wildman–Crippen MR) is 81.6 cm³/mol. The van der Waals surface area contributed by atoms with Crippen molar-refractivity contribution in [3.05, 3.63) is 23.8 Å². The first kappa shape index (κ1) is 14.7. The van der Waals surface area contributed by atoms with E-state index in [1.165, 1.54) is 25.7 Å². The van der Waals surface area contributed by atoms with Crippen LogP contribution < -0.4 is 14.8 Å². The van der Waals surface area contributed by atoms with Gasteiger partial charge in [0.15, 0.2) is 11.5 Å². The molecular formula is C17H25NO3. The number of hydrogen-bond donors (Lipinski definition) is 2. The average molecular weight is 291 g/mol. The highest BCUT2D eigenvalue weighted by molar-refractivity contribution is 5.45. The summed E-state index contributed by atoms with van der Waals surface area (Å²) in [5, 5.41) is 13.8. The Bertz CT molecular complexity index is 491. The second-order valence-electron chi connectivity index (χ2n) is 6.98. The Labute approximate surface area is 126 Å². The zero-order chi connectivity index (χ0) is 14.9. The number of ether oxygens (including phenoxy) is 2. The van der Waals surface area contributed by atoms with Crippen molar-refractivity contribution < 1.29 is 14.6 Å². The lowest BCUT2D eigenvalue weighted by atomic mass is 9.75. The number of nitrogens with one attached hydrogen (secondary N) is 1.